The molecule has 0 saturated carbocycles. The van der Waals surface area contributed by atoms with Gasteiger partial charge in [0.2, 0.25) is 0 Å². The van der Waals surface area contributed by atoms with Crippen LogP contribution in [0.15, 0.2) is 186 Å². The summed E-state index contributed by atoms with van der Waals surface area (Å²) in [6.07, 6.45) is 0. The first kappa shape index (κ1) is 30.0. The maximum absolute atomic E-state index is 6.94. The third-order valence-corrected chi connectivity index (χ3v) is 11.1. The summed E-state index contributed by atoms with van der Waals surface area (Å²) in [6.45, 7) is 0. The highest BCUT2D eigenvalue weighted by Gasteiger charge is 2.27. The van der Waals surface area contributed by atoms with Crippen LogP contribution >= 0.6 is 0 Å². The van der Waals surface area contributed by atoms with E-state index >= 15 is 0 Å². The van der Waals surface area contributed by atoms with Crippen LogP contribution in [0, 0.1) is 0 Å². The topological polar surface area (TPSA) is 48.8 Å². The van der Waals surface area contributed by atoms with Gasteiger partial charge in [-0.15, -0.1) is 0 Å². The van der Waals surface area contributed by atoms with E-state index < -0.39 is 0 Å². The van der Waals surface area contributed by atoms with Gasteiger partial charge in [-0.1, -0.05) is 133 Å². The molecule has 0 bridgehead atoms. The molecule has 55 heavy (non-hydrogen) atoms. The molecule has 0 saturated heterocycles. The number of rotatable bonds is 4. The van der Waals surface area contributed by atoms with Gasteiger partial charge in [0.05, 0.1) is 38.7 Å². The number of para-hydroxylation sites is 5. The Morgan fingerprint density at radius 2 is 0.964 bits per heavy atom. The lowest BCUT2D eigenvalue weighted by atomic mass is 10.0. The number of aromatic nitrogens is 4. The van der Waals surface area contributed by atoms with Crippen molar-refractivity contribution in [2.45, 2.75) is 0 Å². The molecule has 0 fully saturated rings. The first-order valence-corrected chi connectivity index (χ1v) is 18.6. The van der Waals surface area contributed by atoms with E-state index in [-0.39, 0.29) is 0 Å². The van der Waals surface area contributed by atoms with E-state index in [4.69, 9.17) is 14.4 Å². The first-order valence-electron chi connectivity index (χ1n) is 18.6. The fraction of sp³-hybridized carbons (Fsp3) is 0. The molecule has 4 aromatic heterocycles. The number of benzene rings is 8. The number of nitrogens with zero attached hydrogens (tertiary/aromatic N) is 4. The largest absolute Gasteiger partial charge is 0.455 e. The number of furan rings is 1. The van der Waals surface area contributed by atoms with E-state index in [1.807, 2.05) is 12.1 Å². The Balaban J connectivity index is 1.25. The molecule has 0 aliphatic heterocycles. The number of hydrogen-bond donors (Lipinski definition) is 0. The van der Waals surface area contributed by atoms with Crippen molar-refractivity contribution >= 4 is 76.5 Å². The van der Waals surface area contributed by atoms with Gasteiger partial charge in [0, 0.05) is 54.8 Å². The van der Waals surface area contributed by atoms with Gasteiger partial charge < -0.3 is 13.6 Å². The van der Waals surface area contributed by atoms with Crippen molar-refractivity contribution < 1.29 is 4.42 Å². The summed E-state index contributed by atoms with van der Waals surface area (Å²) in [4.78, 5) is 10.4. The average Bonchev–Trinajstić information content (AvgIpc) is 3.92. The van der Waals surface area contributed by atoms with Crippen LogP contribution in [-0.2, 0) is 0 Å². The van der Waals surface area contributed by atoms with E-state index in [1.165, 1.54) is 10.8 Å². The predicted molar refractivity (Wildman–Crippen MR) is 226 cm³/mol. The third-order valence-electron chi connectivity index (χ3n) is 11.1. The van der Waals surface area contributed by atoms with Crippen LogP contribution in [0.2, 0.25) is 0 Å². The molecular weight excluding hydrogens is 673 g/mol. The highest BCUT2D eigenvalue weighted by molar-refractivity contribution is 6.39. The van der Waals surface area contributed by atoms with Gasteiger partial charge in [-0.25, -0.2) is 9.97 Å². The minimum absolute atomic E-state index is 0.684. The van der Waals surface area contributed by atoms with Gasteiger partial charge in [0.1, 0.15) is 11.2 Å². The van der Waals surface area contributed by atoms with Crippen LogP contribution < -0.4 is 0 Å². The van der Waals surface area contributed by atoms with Crippen LogP contribution in [0.5, 0.6) is 0 Å². The highest BCUT2D eigenvalue weighted by Crippen LogP contribution is 2.49. The summed E-state index contributed by atoms with van der Waals surface area (Å²) in [5.74, 6) is 0.684. The standard InChI is InChI=1S/C50H30N4O/c1-3-16-31(17-4-1)46-35-22-7-11-26-39(35)51-50(52-46)32-18-15-21-34(30-32)54-41-28-13-9-24-37(41)45-48(54)47-43(44-38-25-10-14-29-42(38)55-49(44)45)36-23-8-12-27-40(36)53(47)33-19-5-2-6-20-33/h1-30H. The molecule has 12 rings (SSSR count). The zero-order valence-electron chi connectivity index (χ0n) is 29.5. The fourth-order valence-electron chi connectivity index (χ4n) is 8.80. The normalized spacial score (nSPS) is 12.0. The summed E-state index contributed by atoms with van der Waals surface area (Å²) in [5, 5.41) is 7.86. The van der Waals surface area contributed by atoms with Gasteiger partial charge in [0.25, 0.3) is 0 Å². The van der Waals surface area contributed by atoms with Crippen LogP contribution in [0.3, 0.4) is 0 Å². The maximum atomic E-state index is 6.94. The lowest BCUT2D eigenvalue weighted by Crippen LogP contribution is -2.00. The summed E-state index contributed by atoms with van der Waals surface area (Å²) >= 11 is 0. The summed E-state index contributed by atoms with van der Waals surface area (Å²) < 4.78 is 11.8. The Bertz CT molecular complexity index is 3480. The fourth-order valence-corrected chi connectivity index (χ4v) is 8.80. The summed E-state index contributed by atoms with van der Waals surface area (Å²) in [5.41, 5.74) is 12.2. The monoisotopic (exact) mass is 702 g/mol. The van der Waals surface area contributed by atoms with Crippen LogP contribution in [-0.4, -0.2) is 19.1 Å². The second-order valence-electron chi connectivity index (χ2n) is 14.1. The number of hydrogen-bond acceptors (Lipinski definition) is 3. The van der Waals surface area contributed by atoms with Gasteiger partial charge in [-0.05, 0) is 48.5 Å². The van der Waals surface area contributed by atoms with Gasteiger partial charge >= 0.3 is 0 Å². The molecule has 0 spiro atoms. The minimum atomic E-state index is 0.684. The highest BCUT2D eigenvalue weighted by atomic mass is 16.3. The third kappa shape index (κ3) is 4.29. The van der Waals surface area contributed by atoms with E-state index in [0.717, 1.165) is 93.9 Å². The Hall–Kier alpha value is -7.50. The molecule has 4 heterocycles. The lowest BCUT2D eigenvalue weighted by Gasteiger charge is -2.14. The van der Waals surface area contributed by atoms with Crippen molar-refractivity contribution in [2.24, 2.45) is 0 Å². The van der Waals surface area contributed by atoms with E-state index in [2.05, 4.69) is 179 Å². The SMILES string of the molecule is c1ccc(-c2nc(-c3cccc(-n4c5ccccc5c5c6oc7ccccc7c6c6c7ccccc7n(-c7ccccc7)c6c54)c3)nc3ccccc23)cc1. The predicted octanol–water partition coefficient (Wildman–Crippen LogP) is 13.1. The molecule has 0 aliphatic carbocycles. The first-order chi connectivity index (χ1) is 27.3. The molecule has 12 aromatic rings. The molecule has 256 valence electrons. The molecule has 0 atom stereocenters. The average molecular weight is 703 g/mol. The van der Waals surface area contributed by atoms with Gasteiger partial charge in [-0.2, -0.15) is 0 Å². The Labute approximate surface area is 315 Å². The molecular formula is C50H30N4O. The summed E-state index contributed by atoms with van der Waals surface area (Å²) in [6, 6.07) is 63.9. The van der Waals surface area contributed by atoms with Crippen molar-refractivity contribution in [3.8, 4) is 34.0 Å². The van der Waals surface area contributed by atoms with Gasteiger partial charge in [0.15, 0.2) is 5.82 Å². The minimum Gasteiger partial charge on any atom is -0.455 e. The zero-order chi connectivity index (χ0) is 36.0. The number of fused-ring (bicyclic) bond motifs is 13. The maximum Gasteiger partial charge on any atom is 0.160 e. The molecule has 0 radical (unpaired) electrons. The smallest absolute Gasteiger partial charge is 0.160 e. The second-order valence-corrected chi connectivity index (χ2v) is 14.1. The van der Waals surface area contributed by atoms with E-state index in [9.17, 15) is 0 Å². The molecule has 5 heteroatoms. The summed E-state index contributed by atoms with van der Waals surface area (Å²) in [7, 11) is 0. The van der Waals surface area contributed by atoms with E-state index in [0.29, 0.717) is 5.82 Å². The van der Waals surface area contributed by atoms with Crippen molar-refractivity contribution in [1.82, 2.24) is 19.1 Å². The van der Waals surface area contributed by atoms with Crippen LogP contribution in [0.25, 0.3) is 110 Å². The Kier molecular flexibility index (Phi) is 6.27. The molecule has 5 nitrogen and oxygen atoms in total. The van der Waals surface area contributed by atoms with Crippen molar-refractivity contribution in [3.63, 3.8) is 0 Å². The lowest BCUT2D eigenvalue weighted by molar-refractivity contribution is 0.673. The Morgan fingerprint density at radius 3 is 1.75 bits per heavy atom. The van der Waals surface area contributed by atoms with Gasteiger partial charge in [-0.3, -0.25) is 0 Å². The molecule has 0 unspecified atom stereocenters. The van der Waals surface area contributed by atoms with E-state index in [1.54, 1.807) is 0 Å². The molecule has 0 N–H and O–H groups in total. The molecule has 8 aromatic carbocycles. The zero-order valence-corrected chi connectivity index (χ0v) is 29.5. The van der Waals surface area contributed by atoms with Crippen molar-refractivity contribution in [3.05, 3.63) is 182 Å². The van der Waals surface area contributed by atoms with Crippen molar-refractivity contribution in [1.29, 1.82) is 0 Å². The quantitative estimate of drug-likeness (QED) is 0.183. The van der Waals surface area contributed by atoms with Crippen LogP contribution in [0.4, 0.5) is 0 Å². The van der Waals surface area contributed by atoms with Crippen LogP contribution in [0.1, 0.15) is 0 Å². The molecule has 0 aliphatic rings. The second kappa shape index (κ2) is 11.5. The van der Waals surface area contributed by atoms with Crippen molar-refractivity contribution in [2.75, 3.05) is 0 Å². The molecule has 0 amide bonds. The Morgan fingerprint density at radius 1 is 0.400 bits per heavy atom.